The van der Waals surface area contributed by atoms with Crippen molar-refractivity contribution in [1.29, 1.82) is 0 Å². The number of nitrogens with zero attached hydrogens (tertiary/aromatic N) is 1. The number of aryl methyl sites for hydroxylation is 1. The Labute approximate surface area is 108 Å². The molecule has 1 fully saturated rings. The second-order valence-corrected chi connectivity index (χ2v) is 4.89. The lowest BCUT2D eigenvalue weighted by Gasteiger charge is -2.18. The van der Waals surface area contributed by atoms with Crippen LogP contribution in [-0.4, -0.2) is 42.7 Å². The largest absolute Gasteiger partial charge is 0.396 e. The fourth-order valence-electron chi connectivity index (χ4n) is 2.39. The molecule has 1 aliphatic heterocycles. The zero-order valence-corrected chi connectivity index (χ0v) is 10.9. The minimum absolute atomic E-state index is 0.0546. The van der Waals surface area contributed by atoms with Gasteiger partial charge in [0.15, 0.2) is 0 Å². The van der Waals surface area contributed by atoms with E-state index in [4.69, 9.17) is 5.11 Å². The molecule has 4 heteroatoms. The molecule has 18 heavy (non-hydrogen) atoms. The summed E-state index contributed by atoms with van der Waals surface area (Å²) < 4.78 is 0. The van der Waals surface area contributed by atoms with Gasteiger partial charge in [0.2, 0.25) is 0 Å². The number of rotatable bonds is 3. The Morgan fingerprint density at radius 2 is 2.33 bits per heavy atom. The number of aliphatic hydroxyl groups is 1. The summed E-state index contributed by atoms with van der Waals surface area (Å²) in [6.07, 6.45) is 0.892. The Balaban J connectivity index is 2.21. The van der Waals surface area contributed by atoms with Crippen LogP contribution in [0.15, 0.2) is 18.2 Å². The van der Waals surface area contributed by atoms with Crippen molar-refractivity contribution in [1.82, 2.24) is 4.90 Å². The van der Waals surface area contributed by atoms with Crippen molar-refractivity contribution in [2.75, 3.05) is 32.1 Å². The van der Waals surface area contributed by atoms with Crippen LogP contribution < -0.4 is 5.32 Å². The van der Waals surface area contributed by atoms with Crippen LogP contribution in [0.5, 0.6) is 0 Å². The van der Waals surface area contributed by atoms with E-state index in [0.29, 0.717) is 6.54 Å². The molecule has 1 saturated heterocycles. The molecule has 0 radical (unpaired) electrons. The molecule has 1 aromatic rings. The van der Waals surface area contributed by atoms with Crippen molar-refractivity contribution in [3.05, 3.63) is 29.3 Å². The number of hydrogen-bond donors (Lipinski definition) is 2. The Morgan fingerprint density at radius 3 is 2.94 bits per heavy atom. The third kappa shape index (κ3) is 2.48. The maximum absolute atomic E-state index is 12.4. The third-order valence-electron chi connectivity index (χ3n) is 3.51. The van der Waals surface area contributed by atoms with Crippen molar-refractivity contribution in [2.45, 2.75) is 13.3 Å². The van der Waals surface area contributed by atoms with Gasteiger partial charge in [-0.05, 0) is 25.5 Å². The highest BCUT2D eigenvalue weighted by Crippen LogP contribution is 2.23. The van der Waals surface area contributed by atoms with Gasteiger partial charge in [0.05, 0.1) is 5.56 Å². The molecule has 0 saturated carbocycles. The van der Waals surface area contributed by atoms with Crippen molar-refractivity contribution >= 4 is 11.6 Å². The van der Waals surface area contributed by atoms with Crippen LogP contribution in [0, 0.1) is 12.8 Å². The van der Waals surface area contributed by atoms with Crippen LogP contribution in [0.3, 0.4) is 0 Å². The predicted octanol–water partition coefficient (Wildman–Crippen LogP) is 1.49. The van der Waals surface area contributed by atoms with Crippen LogP contribution >= 0.6 is 0 Å². The summed E-state index contributed by atoms with van der Waals surface area (Å²) in [5, 5.41) is 12.2. The molecule has 1 amide bonds. The van der Waals surface area contributed by atoms with Crippen molar-refractivity contribution < 1.29 is 9.90 Å². The Bertz CT molecular complexity index is 445. The number of carbonyl (C=O) groups excluding carboxylic acids is 1. The molecule has 2 N–H and O–H groups in total. The standard InChI is InChI=1S/C14H20N2O2/c1-10-3-4-13(15-2)12(7-10)14(18)16-6-5-11(8-16)9-17/h3-4,7,11,15,17H,5-6,8-9H2,1-2H3. The topological polar surface area (TPSA) is 52.6 Å². The number of likely N-dealkylation sites (tertiary alicyclic amines) is 1. The average molecular weight is 248 g/mol. The van der Waals surface area contributed by atoms with Crippen LogP contribution in [0.1, 0.15) is 22.3 Å². The van der Waals surface area contributed by atoms with Gasteiger partial charge in [-0.1, -0.05) is 11.6 Å². The summed E-state index contributed by atoms with van der Waals surface area (Å²) in [4.78, 5) is 14.3. The lowest BCUT2D eigenvalue weighted by Crippen LogP contribution is -2.29. The fourth-order valence-corrected chi connectivity index (χ4v) is 2.39. The highest BCUT2D eigenvalue weighted by atomic mass is 16.3. The first kappa shape index (κ1) is 12.9. The SMILES string of the molecule is CNc1ccc(C)cc1C(=O)N1CCC(CO)C1. The number of nitrogens with one attached hydrogen (secondary N) is 1. The van der Waals surface area contributed by atoms with Gasteiger partial charge in [-0.2, -0.15) is 0 Å². The first-order chi connectivity index (χ1) is 8.65. The van der Waals surface area contributed by atoms with E-state index < -0.39 is 0 Å². The maximum Gasteiger partial charge on any atom is 0.255 e. The lowest BCUT2D eigenvalue weighted by atomic mass is 10.1. The van der Waals surface area contributed by atoms with Crippen LogP contribution in [-0.2, 0) is 0 Å². The van der Waals surface area contributed by atoms with E-state index >= 15 is 0 Å². The summed E-state index contributed by atoms with van der Waals surface area (Å²) in [5.74, 6) is 0.288. The molecule has 0 bridgehead atoms. The van der Waals surface area contributed by atoms with E-state index in [1.54, 1.807) is 0 Å². The lowest BCUT2D eigenvalue weighted by molar-refractivity contribution is 0.0782. The second kappa shape index (κ2) is 5.40. The summed E-state index contributed by atoms with van der Waals surface area (Å²) in [6, 6.07) is 5.84. The Kier molecular flexibility index (Phi) is 3.87. The molecule has 4 nitrogen and oxygen atoms in total. The monoisotopic (exact) mass is 248 g/mol. The van der Waals surface area contributed by atoms with Crippen molar-refractivity contribution in [3.8, 4) is 0 Å². The molecule has 1 atom stereocenters. The maximum atomic E-state index is 12.4. The van der Waals surface area contributed by atoms with Crippen molar-refractivity contribution in [2.24, 2.45) is 5.92 Å². The van der Waals surface area contributed by atoms with Gasteiger partial charge < -0.3 is 15.3 Å². The molecule has 1 aliphatic rings. The van der Waals surface area contributed by atoms with Gasteiger partial charge in [0.1, 0.15) is 0 Å². The third-order valence-corrected chi connectivity index (χ3v) is 3.51. The number of aliphatic hydroxyl groups excluding tert-OH is 1. The van der Waals surface area contributed by atoms with E-state index in [0.717, 1.165) is 29.8 Å². The highest BCUT2D eigenvalue weighted by Gasteiger charge is 2.27. The summed E-state index contributed by atoms with van der Waals surface area (Å²) in [7, 11) is 1.82. The van der Waals surface area contributed by atoms with E-state index in [1.807, 2.05) is 37.1 Å². The van der Waals surface area contributed by atoms with Gasteiger partial charge in [-0.3, -0.25) is 4.79 Å². The van der Waals surface area contributed by atoms with Gasteiger partial charge in [0.25, 0.3) is 5.91 Å². The first-order valence-corrected chi connectivity index (χ1v) is 6.34. The zero-order valence-electron chi connectivity index (χ0n) is 10.9. The second-order valence-electron chi connectivity index (χ2n) is 4.89. The smallest absolute Gasteiger partial charge is 0.255 e. The summed E-state index contributed by atoms with van der Waals surface area (Å²) in [5.41, 5.74) is 2.66. The number of amides is 1. The fraction of sp³-hybridized carbons (Fsp3) is 0.500. The van der Waals surface area contributed by atoms with Gasteiger partial charge in [0, 0.05) is 38.3 Å². The molecule has 98 valence electrons. The molecule has 0 aliphatic carbocycles. The molecule has 2 rings (SSSR count). The quantitative estimate of drug-likeness (QED) is 0.852. The Morgan fingerprint density at radius 1 is 1.56 bits per heavy atom. The molecule has 0 aromatic heterocycles. The number of carbonyl (C=O) groups is 1. The number of benzene rings is 1. The van der Waals surface area contributed by atoms with Crippen LogP contribution in [0.25, 0.3) is 0 Å². The molecular weight excluding hydrogens is 228 g/mol. The predicted molar refractivity (Wildman–Crippen MR) is 71.8 cm³/mol. The molecule has 1 unspecified atom stereocenters. The first-order valence-electron chi connectivity index (χ1n) is 6.34. The van der Waals surface area contributed by atoms with E-state index in [9.17, 15) is 4.79 Å². The van der Waals surface area contributed by atoms with Gasteiger partial charge in [-0.25, -0.2) is 0 Å². The molecule has 1 heterocycles. The van der Waals surface area contributed by atoms with Crippen LogP contribution in [0.2, 0.25) is 0 Å². The van der Waals surface area contributed by atoms with Gasteiger partial charge in [-0.15, -0.1) is 0 Å². The molecular formula is C14H20N2O2. The van der Waals surface area contributed by atoms with Gasteiger partial charge >= 0.3 is 0 Å². The zero-order chi connectivity index (χ0) is 13.1. The van der Waals surface area contributed by atoms with E-state index in [-0.39, 0.29) is 18.4 Å². The molecule has 1 aromatic carbocycles. The van der Waals surface area contributed by atoms with E-state index in [2.05, 4.69) is 5.32 Å². The van der Waals surface area contributed by atoms with Crippen LogP contribution in [0.4, 0.5) is 5.69 Å². The highest BCUT2D eigenvalue weighted by molar-refractivity contribution is 6.00. The normalized spacial score (nSPS) is 19.1. The summed E-state index contributed by atoms with van der Waals surface area (Å²) >= 11 is 0. The number of anilines is 1. The minimum Gasteiger partial charge on any atom is -0.396 e. The molecule has 0 spiro atoms. The summed E-state index contributed by atoms with van der Waals surface area (Å²) in [6.45, 7) is 3.54. The average Bonchev–Trinajstić information content (AvgIpc) is 2.86. The Hall–Kier alpha value is -1.55. The van der Waals surface area contributed by atoms with Crippen molar-refractivity contribution in [3.63, 3.8) is 0 Å². The minimum atomic E-state index is 0.0546. The van der Waals surface area contributed by atoms with E-state index in [1.165, 1.54) is 0 Å². The number of hydrogen-bond acceptors (Lipinski definition) is 3.